The molecule has 1 amide bonds. The standard InChI is InChI=1S/C17H26N2O4/c1-4-18(7-8-20)12-17(21)19-6-5-13-9-15(22-2)16(23-3)10-14(13)11-19/h9-10,20H,4-8,11-12H2,1-3H3. The minimum absolute atomic E-state index is 0.0704. The topological polar surface area (TPSA) is 62.2 Å². The highest BCUT2D eigenvalue weighted by Crippen LogP contribution is 2.33. The zero-order valence-corrected chi connectivity index (χ0v) is 14.2. The third kappa shape index (κ3) is 4.14. The lowest BCUT2D eigenvalue weighted by Gasteiger charge is -2.31. The van der Waals surface area contributed by atoms with E-state index in [2.05, 4.69) is 0 Å². The van der Waals surface area contributed by atoms with Crippen LogP contribution in [0.25, 0.3) is 0 Å². The van der Waals surface area contributed by atoms with Gasteiger partial charge in [-0.2, -0.15) is 0 Å². The number of carbonyl (C=O) groups excluding carboxylic acids is 1. The molecule has 0 bridgehead atoms. The zero-order chi connectivity index (χ0) is 16.8. The van der Waals surface area contributed by atoms with Crippen LogP contribution in [0.2, 0.25) is 0 Å². The first kappa shape index (κ1) is 17.6. The Bertz CT molecular complexity index is 548. The summed E-state index contributed by atoms with van der Waals surface area (Å²) in [6.45, 7) is 4.98. The van der Waals surface area contributed by atoms with Crippen molar-refractivity contribution in [2.75, 3.05) is 47.0 Å². The maximum absolute atomic E-state index is 12.5. The summed E-state index contributed by atoms with van der Waals surface area (Å²) in [5.41, 5.74) is 2.31. The fraction of sp³-hybridized carbons (Fsp3) is 0.588. The molecule has 2 rings (SSSR count). The van der Waals surface area contributed by atoms with Crippen LogP contribution in [-0.2, 0) is 17.8 Å². The summed E-state index contributed by atoms with van der Waals surface area (Å²) in [6.07, 6.45) is 0.813. The fourth-order valence-corrected chi connectivity index (χ4v) is 2.88. The molecular weight excluding hydrogens is 296 g/mol. The quantitative estimate of drug-likeness (QED) is 0.808. The Labute approximate surface area is 137 Å². The van der Waals surface area contributed by atoms with Gasteiger partial charge in [0.05, 0.1) is 27.4 Å². The molecule has 0 saturated heterocycles. The summed E-state index contributed by atoms with van der Waals surface area (Å²) >= 11 is 0. The molecule has 23 heavy (non-hydrogen) atoms. The Hall–Kier alpha value is -1.79. The van der Waals surface area contributed by atoms with Crippen LogP contribution < -0.4 is 9.47 Å². The molecule has 0 radical (unpaired) electrons. The van der Waals surface area contributed by atoms with E-state index >= 15 is 0 Å². The molecule has 0 atom stereocenters. The van der Waals surface area contributed by atoms with E-state index in [1.165, 1.54) is 5.56 Å². The van der Waals surface area contributed by atoms with Crippen molar-refractivity contribution in [2.45, 2.75) is 19.9 Å². The van der Waals surface area contributed by atoms with Gasteiger partial charge in [-0.3, -0.25) is 9.69 Å². The van der Waals surface area contributed by atoms with Crippen LogP contribution in [0, 0.1) is 0 Å². The first-order valence-corrected chi connectivity index (χ1v) is 7.97. The Morgan fingerprint density at radius 3 is 2.48 bits per heavy atom. The number of ether oxygens (including phenoxy) is 2. The van der Waals surface area contributed by atoms with Crippen LogP contribution in [0.15, 0.2) is 12.1 Å². The molecule has 6 nitrogen and oxygen atoms in total. The van der Waals surface area contributed by atoms with Crippen molar-refractivity contribution in [3.8, 4) is 11.5 Å². The van der Waals surface area contributed by atoms with Crippen LogP contribution in [0.5, 0.6) is 11.5 Å². The van der Waals surface area contributed by atoms with E-state index in [-0.39, 0.29) is 12.5 Å². The van der Waals surface area contributed by atoms with Gasteiger partial charge < -0.3 is 19.5 Å². The summed E-state index contributed by atoms with van der Waals surface area (Å²) in [5.74, 6) is 1.52. The number of nitrogens with zero attached hydrogens (tertiary/aromatic N) is 2. The summed E-state index contributed by atoms with van der Waals surface area (Å²) in [5, 5.41) is 9.04. The third-order valence-electron chi connectivity index (χ3n) is 4.29. The highest BCUT2D eigenvalue weighted by atomic mass is 16.5. The summed E-state index contributed by atoms with van der Waals surface area (Å²) in [6, 6.07) is 3.96. The predicted octanol–water partition coefficient (Wildman–Crippen LogP) is 0.903. The Balaban J connectivity index is 2.08. The van der Waals surface area contributed by atoms with Gasteiger partial charge in [-0.05, 0) is 36.2 Å². The number of hydrogen-bond donors (Lipinski definition) is 1. The van der Waals surface area contributed by atoms with Crippen LogP contribution in [0.3, 0.4) is 0 Å². The minimum Gasteiger partial charge on any atom is -0.493 e. The number of aliphatic hydroxyl groups is 1. The molecule has 0 aromatic heterocycles. The summed E-state index contributed by atoms with van der Waals surface area (Å²) in [4.78, 5) is 16.3. The lowest BCUT2D eigenvalue weighted by atomic mass is 9.98. The second kappa shape index (κ2) is 8.17. The summed E-state index contributed by atoms with van der Waals surface area (Å²) in [7, 11) is 3.24. The van der Waals surface area contributed by atoms with Crippen LogP contribution in [0.4, 0.5) is 0 Å². The van der Waals surface area contributed by atoms with Crippen molar-refractivity contribution in [1.29, 1.82) is 0 Å². The van der Waals surface area contributed by atoms with Gasteiger partial charge in [0.1, 0.15) is 0 Å². The molecule has 6 heteroatoms. The number of aliphatic hydroxyl groups excluding tert-OH is 1. The highest BCUT2D eigenvalue weighted by molar-refractivity contribution is 5.78. The highest BCUT2D eigenvalue weighted by Gasteiger charge is 2.23. The Kier molecular flexibility index (Phi) is 6.24. The van der Waals surface area contributed by atoms with Gasteiger partial charge >= 0.3 is 0 Å². The molecule has 1 aromatic carbocycles. The normalized spacial score (nSPS) is 13.9. The van der Waals surface area contributed by atoms with E-state index in [1.54, 1.807) is 14.2 Å². The number of rotatable bonds is 7. The predicted molar refractivity (Wildman–Crippen MR) is 87.9 cm³/mol. The largest absolute Gasteiger partial charge is 0.493 e. The minimum atomic E-state index is 0.0704. The molecule has 0 spiro atoms. The van der Waals surface area contributed by atoms with Crippen molar-refractivity contribution >= 4 is 5.91 Å². The first-order chi connectivity index (χ1) is 11.1. The van der Waals surface area contributed by atoms with E-state index in [0.29, 0.717) is 31.9 Å². The van der Waals surface area contributed by atoms with Gasteiger partial charge in [-0.15, -0.1) is 0 Å². The van der Waals surface area contributed by atoms with Gasteiger partial charge in [0.25, 0.3) is 0 Å². The maximum atomic E-state index is 12.5. The SMILES string of the molecule is CCN(CCO)CC(=O)N1CCc2cc(OC)c(OC)cc2C1. The number of hydrogen-bond acceptors (Lipinski definition) is 5. The number of amides is 1. The molecule has 1 aromatic rings. The van der Waals surface area contributed by atoms with Crippen molar-refractivity contribution < 1.29 is 19.4 Å². The monoisotopic (exact) mass is 322 g/mol. The smallest absolute Gasteiger partial charge is 0.237 e. The second-order valence-electron chi connectivity index (χ2n) is 5.63. The van der Waals surface area contributed by atoms with E-state index in [1.807, 2.05) is 28.9 Å². The average Bonchev–Trinajstić information content (AvgIpc) is 2.59. The van der Waals surface area contributed by atoms with Gasteiger partial charge in [0, 0.05) is 19.6 Å². The molecule has 0 fully saturated rings. The maximum Gasteiger partial charge on any atom is 0.237 e. The van der Waals surface area contributed by atoms with E-state index in [9.17, 15) is 4.79 Å². The van der Waals surface area contributed by atoms with E-state index < -0.39 is 0 Å². The number of likely N-dealkylation sites (N-methyl/N-ethyl adjacent to an activating group) is 1. The molecule has 128 valence electrons. The van der Waals surface area contributed by atoms with Crippen molar-refractivity contribution in [2.24, 2.45) is 0 Å². The Morgan fingerprint density at radius 1 is 1.26 bits per heavy atom. The van der Waals surface area contributed by atoms with E-state index in [0.717, 1.165) is 24.3 Å². The molecule has 0 aliphatic carbocycles. The fourth-order valence-electron chi connectivity index (χ4n) is 2.88. The molecule has 1 aliphatic rings. The average molecular weight is 322 g/mol. The molecule has 0 unspecified atom stereocenters. The van der Waals surface area contributed by atoms with Crippen molar-refractivity contribution in [3.05, 3.63) is 23.3 Å². The van der Waals surface area contributed by atoms with Gasteiger partial charge in [0.15, 0.2) is 11.5 Å². The third-order valence-corrected chi connectivity index (χ3v) is 4.29. The van der Waals surface area contributed by atoms with E-state index in [4.69, 9.17) is 14.6 Å². The summed E-state index contributed by atoms with van der Waals surface area (Å²) < 4.78 is 10.7. The second-order valence-corrected chi connectivity index (χ2v) is 5.63. The lowest BCUT2D eigenvalue weighted by Crippen LogP contribution is -2.43. The molecule has 1 aliphatic heterocycles. The first-order valence-electron chi connectivity index (χ1n) is 7.97. The molecular formula is C17H26N2O4. The van der Waals surface area contributed by atoms with Gasteiger partial charge in [-0.1, -0.05) is 6.92 Å². The van der Waals surface area contributed by atoms with Crippen LogP contribution >= 0.6 is 0 Å². The number of carbonyl (C=O) groups is 1. The van der Waals surface area contributed by atoms with Gasteiger partial charge in [-0.25, -0.2) is 0 Å². The van der Waals surface area contributed by atoms with Crippen LogP contribution in [-0.4, -0.2) is 67.8 Å². The number of benzene rings is 1. The Morgan fingerprint density at radius 2 is 1.91 bits per heavy atom. The molecule has 1 N–H and O–H groups in total. The lowest BCUT2D eigenvalue weighted by molar-refractivity contribution is -0.133. The molecule has 0 saturated carbocycles. The van der Waals surface area contributed by atoms with Gasteiger partial charge in [0.2, 0.25) is 5.91 Å². The zero-order valence-electron chi connectivity index (χ0n) is 14.2. The number of fused-ring (bicyclic) bond motifs is 1. The molecule has 1 heterocycles. The number of methoxy groups -OCH3 is 2. The van der Waals surface area contributed by atoms with Crippen molar-refractivity contribution in [1.82, 2.24) is 9.80 Å². The van der Waals surface area contributed by atoms with Crippen LogP contribution in [0.1, 0.15) is 18.1 Å². The van der Waals surface area contributed by atoms with Crippen molar-refractivity contribution in [3.63, 3.8) is 0 Å².